The van der Waals surface area contributed by atoms with Gasteiger partial charge in [-0.05, 0) is 120 Å². The quantitative estimate of drug-likeness (QED) is 0.109. The van der Waals surface area contributed by atoms with E-state index in [0.29, 0.717) is 0 Å². The molecule has 0 heterocycles. The SMILES string of the molecule is CCCc1cc(CCCCCCCc2ccc(Cc3ccc(N)cc3)c(CCC)c2)ccc1Cc1ccc(N)cc1. The van der Waals surface area contributed by atoms with Gasteiger partial charge in [-0.15, -0.1) is 0 Å². The fourth-order valence-electron chi connectivity index (χ4n) is 5.92. The summed E-state index contributed by atoms with van der Waals surface area (Å²) in [7, 11) is 0. The number of unbranched alkanes of at least 4 members (excludes halogenated alkanes) is 4. The Labute approximate surface area is 249 Å². The van der Waals surface area contributed by atoms with Crippen LogP contribution in [0.1, 0.15) is 103 Å². The second kappa shape index (κ2) is 16.1. The van der Waals surface area contributed by atoms with E-state index < -0.39 is 0 Å². The minimum atomic E-state index is 0.832. The van der Waals surface area contributed by atoms with Crippen molar-refractivity contribution in [3.8, 4) is 0 Å². The molecular formula is C39H50N2. The second-order valence-corrected chi connectivity index (χ2v) is 11.8. The number of anilines is 2. The molecule has 0 radical (unpaired) electrons. The molecule has 0 saturated heterocycles. The van der Waals surface area contributed by atoms with Crippen molar-refractivity contribution >= 4 is 11.4 Å². The zero-order valence-corrected chi connectivity index (χ0v) is 25.4. The highest BCUT2D eigenvalue weighted by Crippen LogP contribution is 2.22. The fourth-order valence-corrected chi connectivity index (χ4v) is 5.92. The summed E-state index contributed by atoms with van der Waals surface area (Å²) in [6.45, 7) is 4.56. The maximum atomic E-state index is 5.87. The molecule has 4 aromatic carbocycles. The summed E-state index contributed by atoms with van der Waals surface area (Å²) in [4.78, 5) is 0. The standard InChI is InChI=1S/C39H50N2/c1-3-10-34-26-30(14-20-36(34)28-32-16-22-38(40)23-17-32)12-8-6-5-7-9-13-31-15-21-37(35(27-31)11-4-2)29-33-18-24-39(41)25-19-33/h14-27H,3-13,28-29,40-41H2,1-2H3. The van der Waals surface area contributed by atoms with Crippen LogP contribution in [0, 0.1) is 0 Å². The number of hydrogen-bond acceptors (Lipinski definition) is 2. The molecule has 0 aliphatic heterocycles. The molecule has 0 amide bonds. The first-order valence-electron chi connectivity index (χ1n) is 15.9. The van der Waals surface area contributed by atoms with E-state index >= 15 is 0 Å². The summed E-state index contributed by atoms with van der Waals surface area (Å²) in [5.74, 6) is 0. The van der Waals surface area contributed by atoms with Gasteiger partial charge in [0.1, 0.15) is 0 Å². The molecule has 0 bridgehead atoms. The van der Waals surface area contributed by atoms with Crippen molar-refractivity contribution < 1.29 is 0 Å². The van der Waals surface area contributed by atoms with Crippen molar-refractivity contribution in [2.45, 2.75) is 97.3 Å². The van der Waals surface area contributed by atoms with Crippen LogP contribution in [-0.4, -0.2) is 0 Å². The summed E-state index contributed by atoms with van der Waals surface area (Å²) in [6, 6.07) is 31.0. The molecule has 4 aromatic rings. The van der Waals surface area contributed by atoms with Gasteiger partial charge in [0.05, 0.1) is 0 Å². The molecule has 0 fully saturated rings. The third kappa shape index (κ3) is 9.81. The molecule has 41 heavy (non-hydrogen) atoms. The Morgan fingerprint density at radius 1 is 0.390 bits per heavy atom. The van der Waals surface area contributed by atoms with Crippen molar-refractivity contribution in [1.82, 2.24) is 0 Å². The van der Waals surface area contributed by atoms with E-state index in [1.807, 2.05) is 24.3 Å². The van der Waals surface area contributed by atoms with E-state index in [1.165, 1.54) is 102 Å². The van der Waals surface area contributed by atoms with E-state index in [1.54, 1.807) is 0 Å². The maximum Gasteiger partial charge on any atom is 0.0314 e. The van der Waals surface area contributed by atoms with Gasteiger partial charge in [-0.25, -0.2) is 0 Å². The first kappa shape index (κ1) is 30.4. The van der Waals surface area contributed by atoms with Crippen LogP contribution < -0.4 is 11.5 Å². The van der Waals surface area contributed by atoms with Crippen molar-refractivity contribution in [1.29, 1.82) is 0 Å². The van der Waals surface area contributed by atoms with Crippen LogP contribution in [0.5, 0.6) is 0 Å². The molecule has 2 nitrogen and oxygen atoms in total. The molecule has 4 rings (SSSR count). The Morgan fingerprint density at radius 3 is 1.15 bits per heavy atom. The molecule has 4 N–H and O–H groups in total. The molecular weight excluding hydrogens is 496 g/mol. The lowest BCUT2D eigenvalue weighted by Crippen LogP contribution is -1.99. The van der Waals surface area contributed by atoms with Crippen LogP contribution >= 0.6 is 0 Å². The number of rotatable bonds is 16. The van der Waals surface area contributed by atoms with Crippen molar-refractivity contribution in [3.05, 3.63) is 129 Å². The fraction of sp³-hybridized carbons (Fsp3) is 0.385. The number of benzene rings is 4. The van der Waals surface area contributed by atoms with E-state index in [0.717, 1.165) is 37.1 Å². The third-order valence-corrected chi connectivity index (χ3v) is 8.26. The van der Waals surface area contributed by atoms with Crippen molar-refractivity contribution in [2.75, 3.05) is 11.5 Å². The molecule has 0 spiro atoms. The third-order valence-electron chi connectivity index (χ3n) is 8.26. The van der Waals surface area contributed by atoms with E-state index in [2.05, 4.69) is 74.5 Å². The van der Waals surface area contributed by atoms with Crippen LogP contribution in [0.3, 0.4) is 0 Å². The molecule has 0 saturated carbocycles. The summed E-state index contributed by atoms with van der Waals surface area (Å²) in [5, 5.41) is 0. The van der Waals surface area contributed by atoms with Crippen LogP contribution in [0.4, 0.5) is 11.4 Å². The highest BCUT2D eigenvalue weighted by atomic mass is 14.5. The molecule has 0 unspecified atom stereocenters. The van der Waals surface area contributed by atoms with Crippen molar-refractivity contribution in [2.24, 2.45) is 0 Å². The monoisotopic (exact) mass is 546 g/mol. The van der Waals surface area contributed by atoms with Gasteiger partial charge in [0.2, 0.25) is 0 Å². The summed E-state index contributed by atoms with van der Waals surface area (Å²) >= 11 is 0. The molecule has 0 aliphatic carbocycles. The lowest BCUT2D eigenvalue weighted by atomic mass is 9.93. The Hall–Kier alpha value is -3.52. The number of nitrogen functional groups attached to an aromatic ring is 2. The van der Waals surface area contributed by atoms with Gasteiger partial charge in [-0.3, -0.25) is 0 Å². The Bertz CT molecular complexity index is 1230. The minimum Gasteiger partial charge on any atom is -0.399 e. The zero-order valence-electron chi connectivity index (χ0n) is 25.4. The first-order chi connectivity index (χ1) is 20.0. The van der Waals surface area contributed by atoms with Gasteiger partial charge in [-0.1, -0.05) is 107 Å². The first-order valence-corrected chi connectivity index (χ1v) is 15.9. The van der Waals surface area contributed by atoms with Crippen LogP contribution in [0.15, 0.2) is 84.9 Å². The van der Waals surface area contributed by atoms with Gasteiger partial charge in [0, 0.05) is 11.4 Å². The van der Waals surface area contributed by atoms with Gasteiger partial charge < -0.3 is 11.5 Å². The van der Waals surface area contributed by atoms with E-state index in [4.69, 9.17) is 11.5 Å². The maximum absolute atomic E-state index is 5.87. The van der Waals surface area contributed by atoms with Crippen molar-refractivity contribution in [3.63, 3.8) is 0 Å². The average Bonchev–Trinajstić information content (AvgIpc) is 2.97. The van der Waals surface area contributed by atoms with Crippen LogP contribution in [-0.2, 0) is 38.5 Å². The predicted molar refractivity (Wildman–Crippen MR) is 179 cm³/mol. The summed E-state index contributed by atoms with van der Waals surface area (Å²) in [5.41, 5.74) is 25.0. The van der Waals surface area contributed by atoms with E-state index in [9.17, 15) is 0 Å². The lowest BCUT2D eigenvalue weighted by Gasteiger charge is -2.13. The normalized spacial score (nSPS) is 11.2. The van der Waals surface area contributed by atoms with Gasteiger partial charge in [0.25, 0.3) is 0 Å². The topological polar surface area (TPSA) is 52.0 Å². The highest BCUT2D eigenvalue weighted by Gasteiger charge is 2.07. The molecule has 0 aliphatic rings. The van der Waals surface area contributed by atoms with Gasteiger partial charge >= 0.3 is 0 Å². The zero-order chi connectivity index (χ0) is 28.9. The highest BCUT2D eigenvalue weighted by molar-refractivity contribution is 5.43. The Morgan fingerprint density at radius 2 is 0.756 bits per heavy atom. The largest absolute Gasteiger partial charge is 0.399 e. The molecule has 0 atom stereocenters. The van der Waals surface area contributed by atoms with Crippen LogP contribution in [0.2, 0.25) is 0 Å². The molecule has 216 valence electrons. The smallest absolute Gasteiger partial charge is 0.0314 e. The second-order valence-electron chi connectivity index (χ2n) is 11.8. The Balaban J connectivity index is 1.20. The Kier molecular flexibility index (Phi) is 11.9. The number of nitrogens with two attached hydrogens (primary N) is 2. The molecule has 2 heteroatoms. The lowest BCUT2D eigenvalue weighted by molar-refractivity contribution is 0.613. The summed E-state index contributed by atoms with van der Waals surface area (Å²) < 4.78 is 0. The molecule has 0 aromatic heterocycles. The summed E-state index contributed by atoms with van der Waals surface area (Å²) in [6.07, 6.45) is 15.6. The minimum absolute atomic E-state index is 0.832. The van der Waals surface area contributed by atoms with Gasteiger partial charge in [0.15, 0.2) is 0 Å². The van der Waals surface area contributed by atoms with E-state index in [-0.39, 0.29) is 0 Å². The number of aryl methyl sites for hydroxylation is 4. The van der Waals surface area contributed by atoms with Gasteiger partial charge in [-0.2, -0.15) is 0 Å². The predicted octanol–water partition coefficient (Wildman–Crippen LogP) is 9.67. The average molecular weight is 547 g/mol. The number of hydrogen-bond donors (Lipinski definition) is 2. The van der Waals surface area contributed by atoms with Crippen LogP contribution in [0.25, 0.3) is 0 Å².